The van der Waals surface area contributed by atoms with Crippen LogP contribution < -0.4 is 0 Å². The molecule has 0 saturated carbocycles. The van der Waals surface area contributed by atoms with Gasteiger partial charge in [0.1, 0.15) is 6.33 Å². The van der Waals surface area contributed by atoms with Gasteiger partial charge in [-0.15, -0.1) is 0 Å². The van der Waals surface area contributed by atoms with Crippen molar-refractivity contribution in [3.8, 4) is 5.69 Å². The Morgan fingerprint density at radius 2 is 2.00 bits per heavy atom. The molecule has 1 atom stereocenters. The first-order chi connectivity index (χ1) is 12.8. The molecule has 1 aliphatic rings. The highest BCUT2D eigenvalue weighted by atomic mass is 15.1. The van der Waals surface area contributed by atoms with Crippen molar-refractivity contribution in [1.29, 1.82) is 0 Å². The van der Waals surface area contributed by atoms with Crippen molar-refractivity contribution in [1.82, 2.24) is 19.4 Å². The van der Waals surface area contributed by atoms with E-state index in [1.54, 1.807) is 6.20 Å². The SMILES string of the molecule is CN1CCCC(c2cccc3ccc(-n4cnc5ncccc54)cc23)C1. The van der Waals surface area contributed by atoms with Crippen LogP contribution in [0.4, 0.5) is 0 Å². The lowest BCUT2D eigenvalue weighted by Gasteiger charge is -2.30. The average Bonchev–Trinajstić information content (AvgIpc) is 3.11. The molecule has 1 saturated heterocycles. The summed E-state index contributed by atoms with van der Waals surface area (Å²) in [5, 5.41) is 2.66. The summed E-state index contributed by atoms with van der Waals surface area (Å²) >= 11 is 0. The number of hydrogen-bond acceptors (Lipinski definition) is 3. The van der Waals surface area contributed by atoms with Gasteiger partial charge in [0, 0.05) is 18.4 Å². The molecule has 4 aromatic rings. The smallest absolute Gasteiger partial charge is 0.177 e. The van der Waals surface area contributed by atoms with Gasteiger partial charge in [0.05, 0.1) is 5.52 Å². The lowest BCUT2D eigenvalue weighted by molar-refractivity contribution is 0.251. The molecule has 0 bridgehead atoms. The maximum Gasteiger partial charge on any atom is 0.177 e. The summed E-state index contributed by atoms with van der Waals surface area (Å²) < 4.78 is 2.13. The van der Waals surface area contributed by atoms with Crippen LogP contribution in [0, 0.1) is 0 Å². The Balaban J connectivity index is 1.66. The van der Waals surface area contributed by atoms with E-state index in [0.29, 0.717) is 5.92 Å². The van der Waals surface area contributed by atoms with Gasteiger partial charge in [-0.2, -0.15) is 0 Å². The molecule has 4 nitrogen and oxygen atoms in total. The standard InChI is InChI=1S/C22H22N4/c1-25-12-4-6-17(14-25)19-7-2-5-16-9-10-18(13-20(16)19)26-15-24-22-21(26)8-3-11-23-22/h2-3,5,7-11,13,15,17H,4,6,12,14H2,1H3. The number of nitrogens with zero attached hydrogens (tertiary/aromatic N) is 4. The quantitative estimate of drug-likeness (QED) is 0.542. The first kappa shape index (κ1) is 15.5. The normalized spacial score (nSPS) is 18.6. The summed E-state index contributed by atoms with van der Waals surface area (Å²) in [6.45, 7) is 2.35. The molecular formula is C22H22N4. The van der Waals surface area contributed by atoms with E-state index in [9.17, 15) is 0 Å². The number of pyridine rings is 1. The minimum absolute atomic E-state index is 0.605. The summed E-state index contributed by atoms with van der Waals surface area (Å²) in [4.78, 5) is 11.2. The summed E-state index contributed by atoms with van der Waals surface area (Å²) in [6, 6.07) is 17.5. The van der Waals surface area contributed by atoms with Gasteiger partial charge in [-0.05, 0) is 73.0 Å². The number of fused-ring (bicyclic) bond motifs is 2. The van der Waals surface area contributed by atoms with E-state index in [1.807, 2.05) is 12.4 Å². The van der Waals surface area contributed by atoms with Crippen molar-refractivity contribution < 1.29 is 0 Å². The Hall–Kier alpha value is -2.72. The second kappa shape index (κ2) is 6.22. The molecule has 130 valence electrons. The fourth-order valence-electron chi connectivity index (χ4n) is 4.27. The molecule has 0 amide bonds. The number of aromatic nitrogens is 3. The molecule has 0 radical (unpaired) electrons. The highest BCUT2D eigenvalue weighted by Crippen LogP contribution is 2.33. The Bertz CT molecular complexity index is 1080. The third kappa shape index (κ3) is 2.58. The molecule has 3 heterocycles. The summed E-state index contributed by atoms with van der Waals surface area (Å²) in [6.07, 6.45) is 6.20. The molecular weight excluding hydrogens is 320 g/mol. The van der Waals surface area contributed by atoms with Gasteiger partial charge in [-0.25, -0.2) is 9.97 Å². The fraction of sp³-hybridized carbons (Fsp3) is 0.273. The lowest BCUT2D eigenvalue weighted by Crippen LogP contribution is -2.30. The van der Waals surface area contributed by atoms with Crippen LogP contribution in [-0.4, -0.2) is 39.6 Å². The van der Waals surface area contributed by atoms with Crippen LogP contribution in [0.5, 0.6) is 0 Å². The van der Waals surface area contributed by atoms with Crippen LogP contribution in [0.2, 0.25) is 0 Å². The van der Waals surface area contributed by atoms with Crippen LogP contribution in [0.1, 0.15) is 24.3 Å². The number of rotatable bonds is 2. The second-order valence-corrected chi connectivity index (χ2v) is 7.31. The number of benzene rings is 2. The Morgan fingerprint density at radius 1 is 1.04 bits per heavy atom. The van der Waals surface area contributed by atoms with E-state index < -0.39 is 0 Å². The van der Waals surface area contributed by atoms with Gasteiger partial charge >= 0.3 is 0 Å². The molecule has 1 aliphatic heterocycles. The van der Waals surface area contributed by atoms with Crippen LogP contribution in [0.15, 0.2) is 61.1 Å². The first-order valence-electron chi connectivity index (χ1n) is 9.29. The fourth-order valence-corrected chi connectivity index (χ4v) is 4.27. The second-order valence-electron chi connectivity index (χ2n) is 7.31. The molecule has 0 N–H and O–H groups in total. The van der Waals surface area contributed by atoms with Crippen LogP contribution in [-0.2, 0) is 0 Å². The molecule has 2 aromatic carbocycles. The van der Waals surface area contributed by atoms with Gasteiger partial charge < -0.3 is 4.90 Å². The highest BCUT2D eigenvalue weighted by Gasteiger charge is 2.20. The van der Waals surface area contributed by atoms with E-state index in [-0.39, 0.29) is 0 Å². The number of likely N-dealkylation sites (tertiary alicyclic amines) is 1. The highest BCUT2D eigenvalue weighted by molar-refractivity contribution is 5.88. The zero-order valence-corrected chi connectivity index (χ0v) is 15.0. The van der Waals surface area contributed by atoms with Crippen molar-refractivity contribution >= 4 is 21.9 Å². The number of piperidine rings is 1. The molecule has 0 aliphatic carbocycles. The van der Waals surface area contributed by atoms with Gasteiger partial charge in [-0.3, -0.25) is 4.57 Å². The van der Waals surface area contributed by atoms with Crippen molar-refractivity contribution in [3.63, 3.8) is 0 Å². The van der Waals surface area contributed by atoms with Gasteiger partial charge in [0.15, 0.2) is 5.65 Å². The molecule has 4 heteroatoms. The van der Waals surface area contributed by atoms with E-state index in [4.69, 9.17) is 0 Å². The van der Waals surface area contributed by atoms with Crippen LogP contribution >= 0.6 is 0 Å². The number of imidazole rings is 1. The average molecular weight is 342 g/mol. The molecule has 0 spiro atoms. The van der Waals surface area contributed by atoms with E-state index in [2.05, 4.69) is 68.9 Å². The van der Waals surface area contributed by atoms with Crippen LogP contribution in [0.3, 0.4) is 0 Å². The Labute approximate surface area is 153 Å². The zero-order chi connectivity index (χ0) is 17.5. The molecule has 2 aromatic heterocycles. The van der Waals surface area contributed by atoms with Crippen LogP contribution in [0.25, 0.3) is 27.6 Å². The van der Waals surface area contributed by atoms with Gasteiger partial charge in [0.2, 0.25) is 0 Å². The van der Waals surface area contributed by atoms with Crippen molar-refractivity contribution in [2.75, 3.05) is 20.1 Å². The molecule has 26 heavy (non-hydrogen) atoms. The minimum Gasteiger partial charge on any atom is -0.306 e. The zero-order valence-electron chi connectivity index (χ0n) is 15.0. The maximum absolute atomic E-state index is 4.44. The summed E-state index contributed by atoms with van der Waals surface area (Å²) in [7, 11) is 2.23. The maximum atomic E-state index is 4.44. The van der Waals surface area contributed by atoms with Gasteiger partial charge in [-0.1, -0.05) is 24.3 Å². The van der Waals surface area contributed by atoms with Crippen molar-refractivity contribution in [3.05, 3.63) is 66.6 Å². The van der Waals surface area contributed by atoms with Crippen molar-refractivity contribution in [2.45, 2.75) is 18.8 Å². The van der Waals surface area contributed by atoms with Crippen molar-refractivity contribution in [2.24, 2.45) is 0 Å². The monoisotopic (exact) mass is 342 g/mol. The Kier molecular flexibility index (Phi) is 3.71. The van der Waals surface area contributed by atoms with Gasteiger partial charge in [0.25, 0.3) is 0 Å². The first-order valence-corrected chi connectivity index (χ1v) is 9.29. The lowest BCUT2D eigenvalue weighted by atomic mass is 9.87. The summed E-state index contributed by atoms with van der Waals surface area (Å²) in [5.74, 6) is 0.605. The molecule has 1 fully saturated rings. The minimum atomic E-state index is 0.605. The van der Waals surface area contributed by atoms with E-state index >= 15 is 0 Å². The van der Waals surface area contributed by atoms with E-state index in [1.165, 1.54) is 35.7 Å². The third-order valence-corrected chi connectivity index (χ3v) is 5.56. The van der Waals surface area contributed by atoms with E-state index in [0.717, 1.165) is 23.4 Å². The molecule has 1 unspecified atom stereocenters. The topological polar surface area (TPSA) is 34.0 Å². The predicted octanol–water partition coefficient (Wildman–Crippen LogP) is 4.38. The Morgan fingerprint density at radius 3 is 2.92 bits per heavy atom. The number of hydrogen-bond donors (Lipinski definition) is 0. The summed E-state index contributed by atoms with van der Waals surface area (Å²) in [5.41, 5.74) is 4.44. The molecule has 5 rings (SSSR count). The third-order valence-electron chi connectivity index (χ3n) is 5.56. The predicted molar refractivity (Wildman–Crippen MR) is 106 cm³/mol. The number of likely N-dealkylation sites (N-methyl/N-ethyl adjacent to an activating group) is 1. The largest absolute Gasteiger partial charge is 0.306 e.